The van der Waals surface area contributed by atoms with E-state index in [1.807, 2.05) is 0 Å². The molecule has 1 saturated heterocycles. The Morgan fingerprint density at radius 3 is 2.55 bits per heavy atom. The van der Waals surface area contributed by atoms with Crippen LogP contribution in [0, 0.1) is 23.2 Å². The van der Waals surface area contributed by atoms with Crippen molar-refractivity contribution in [3.05, 3.63) is 0 Å². The molecule has 1 aliphatic heterocycles. The minimum Gasteiger partial charge on any atom is -0.392 e. The molecule has 0 spiro atoms. The van der Waals surface area contributed by atoms with Gasteiger partial charge in [-0.25, -0.2) is 0 Å². The second kappa shape index (κ2) is 5.96. The summed E-state index contributed by atoms with van der Waals surface area (Å²) in [4.78, 5) is 2.68. The molecule has 1 N–H and O–H groups in total. The number of fused-ring (bicyclic) bond motifs is 1. The van der Waals surface area contributed by atoms with Crippen LogP contribution in [0.3, 0.4) is 0 Å². The van der Waals surface area contributed by atoms with Gasteiger partial charge in [0.15, 0.2) is 0 Å². The lowest BCUT2D eigenvalue weighted by molar-refractivity contribution is -0.0499. The van der Waals surface area contributed by atoms with Gasteiger partial charge in [0.1, 0.15) is 0 Å². The maximum absolute atomic E-state index is 10.6. The van der Waals surface area contributed by atoms with Gasteiger partial charge in [0.05, 0.1) is 6.10 Å². The van der Waals surface area contributed by atoms with Gasteiger partial charge in [0, 0.05) is 13.1 Å². The van der Waals surface area contributed by atoms with Gasteiger partial charge in [0.25, 0.3) is 0 Å². The van der Waals surface area contributed by atoms with Crippen LogP contribution < -0.4 is 0 Å². The summed E-state index contributed by atoms with van der Waals surface area (Å²) in [5.41, 5.74) is 0.131. The molecule has 116 valence electrons. The Hall–Kier alpha value is -0.0800. The van der Waals surface area contributed by atoms with Crippen molar-refractivity contribution in [3.8, 4) is 0 Å². The smallest absolute Gasteiger partial charge is 0.0631 e. The standard InChI is InChI=1S/C18H33NO/c1-18(2)10-5-8-16(17(18)20)13-19-11-9-14-6-3-4-7-15(14)12-19/h14-17,20H,3-13H2,1-2H3. The second-order valence-electron chi connectivity index (χ2n) is 8.44. The monoisotopic (exact) mass is 279 g/mol. The molecule has 0 radical (unpaired) electrons. The summed E-state index contributed by atoms with van der Waals surface area (Å²) in [6, 6.07) is 0. The van der Waals surface area contributed by atoms with Crippen molar-refractivity contribution < 1.29 is 5.11 Å². The number of likely N-dealkylation sites (tertiary alicyclic amines) is 1. The number of rotatable bonds is 2. The van der Waals surface area contributed by atoms with E-state index in [-0.39, 0.29) is 11.5 Å². The fourth-order valence-electron chi connectivity index (χ4n) is 5.13. The van der Waals surface area contributed by atoms with Crippen molar-refractivity contribution in [1.29, 1.82) is 0 Å². The number of nitrogens with zero attached hydrogens (tertiary/aromatic N) is 1. The van der Waals surface area contributed by atoms with Crippen LogP contribution in [0.1, 0.15) is 65.2 Å². The van der Waals surface area contributed by atoms with E-state index in [2.05, 4.69) is 18.7 Å². The molecule has 0 amide bonds. The Kier molecular flexibility index (Phi) is 4.42. The highest BCUT2D eigenvalue weighted by Crippen LogP contribution is 2.41. The molecule has 3 fully saturated rings. The summed E-state index contributed by atoms with van der Waals surface area (Å²) in [5, 5.41) is 10.6. The van der Waals surface area contributed by atoms with Crippen LogP contribution >= 0.6 is 0 Å². The molecule has 20 heavy (non-hydrogen) atoms. The second-order valence-corrected chi connectivity index (χ2v) is 8.44. The minimum atomic E-state index is -0.0969. The van der Waals surface area contributed by atoms with Crippen molar-refractivity contribution in [2.75, 3.05) is 19.6 Å². The van der Waals surface area contributed by atoms with Crippen molar-refractivity contribution in [2.24, 2.45) is 23.2 Å². The zero-order valence-electron chi connectivity index (χ0n) is 13.5. The van der Waals surface area contributed by atoms with Crippen molar-refractivity contribution in [2.45, 2.75) is 71.3 Å². The fraction of sp³-hybridized carbons (Fsp3) is 1.00. The van der Waals surface area contributed by atoms with Crippen LogP contribution in [-0.4, -0.2) is 35.7 Å². The Balaban J connectivity index is 1.55. The molecule has 0 bridgehead atoms. The van der Waals surface area contributed by atoms with E-state index >= 15 is 0 Å². The average molecular weight is 279 g/mol. The normalized spacial score (nSPS) is 42.1. The predicted molar refractivity (Wildman–Crippen MR) is 83.6 cm³/mol. The summed E-state index contributed by atoms with van der Waals surface area (Å²) in [5.74, 6) is 2.50. The van der Waals surface area contributed by atoms with Crippen molar-refractivity contribution in [3.63, 3.8) is 0 Å². The molecule has 2 aliphatic carbocycles. The molecule has 4 unspecified atom stereocenters. The lowest BCUT2D eigenvalue weighted by Crippen LogP contribution is -2.49. The van der Waals surface area contributed by atoms with Gasteiger partial charge in [-0.15, -0.1) is 0 Å². The Bertz CT molecular complexity index is 327. The maximum Gasteiger partial charge on any atom is 0.0631 e. The van der Waals surface area contributed by atoms with E-state index in [4.69, 9.17) is 0 Å². The minimum absolute atomic E-state index is 0.0969. The van der Waals surface area contributed by atoms with E-state index in [1.165, 1.54) is 64.5 Å². The summed E-state index contributed by atoms with van der Waals surface area (Å²) in [6.07, 6.45) is 10.9. The van der Waals surface area contributed by atoms with Gasteiger partial charge >= 0.3 is 0 Å². The zero-order chi connectivity index (χ0) is 14.2. The van der Waals surface area contributed by atoms with Crippen LogP contribution in [0.5, 0.6) is 0 Å². The number of aliphatic hydroxyl groups is 1. The number of hydrogen-bond donors (Lipinski definition) is 1. The Morgan fingerprint density at radius 1 is 1.00 bits per heavy atom. The first-order valence-corrected chi connectivity index (χ1v) is 8.97. The topological polar surface area (TPSA) is 23.5 Å². The summed E-state index contributed by atoms with van der Waals surface area (Å²) >= 11 is 0. The molecule has 1 heterocycles. The molecule has 4 atom stereocenters. The molecule has 0 aromatic rings. The molecule has 2 heteroatoms. The Morgan fingerprint density at radius 2 is 1.75 bits per heavy atom. The van der Waals surface area contributed by atoms with Gasteiger partial charge in [0.2, 0.25) is 0 Å². The number of piperidine rings is 1. The van der Waals surface area contributed by atoms with Gasteiger partial charge in [-0.2, -0.15) is 0 Å². The molecular weight excluding hydrogens is 246 g/mol. The largest absolute Gasteiger partial charge is 0.392 e. The predicted octanol–water partition coefficient (Wildman–Crippen LogP) is 3.69. The molecule has 0 aromatic heterocycles. The number of aliphatic hydroxyl groups excluding tert-OH is 1. The third-order valence-electron chi connectivity index (χ3n) is 6.51. The summed E-state index contributed by atoms with van der Waals surface area (Å²) < 4.78 is 0. The first kappa shape index (κ1) is 14.8. The van der Waals surface area contributed by atoms with Crippen LogP contribution in [0.25, 0.3) is 0 Å². The molecular formula is C18H33NO. The van der Waals surface area contributed by atoms with E-state index in [9.17, 15) is 5.11 Å². The molecule has 2 saturated carbocycles. The fourth-order valence-corrected chi connectivity index (χ4v) is 5.13. The van der Waals surface area contributed by atoms with Gasteiger partial charge < -0.3 is 10.0 Å². The SMILES string of the molecule is CC1(C)CCCC(CN2CCC3CCCCC3C2)C1O. The summed E-state index contributed by atoms with van der Waals surface area (Å²) in [7, 11) is 0. The highest BCUT2D eigenvalue weighted by atomic mass is 16.3. The maximum atomic E-state index is 10.6. The van der Waals surface area contributed by atoms with E-state index in [1.54, 1.807) is 0 Å². The van der Waals surface area contributed by atoms with Crippen LogP contribution in [-0.2, 0) is 0 Å². The molecule has 2 nitrogen and oxygen atoms in total. The third kappa shape index (κ3) is 3.06. The quantitative estimate of drug-likeness (QED) is 0.833. The highest BCUT2D eigenvalue weighted by Gasteiger charge is 2.39. The molecule has 0 aromatic carbocycles. The first-order chi connectivity index (χ1) is 9.56. The van der Waals surface area contributed by atoms with E-state index in [0.717, 1.165) is 18.4 Å². The van der Waals surface area contributed by atoms with Crippen molar-refractivity contribution in [1.82, 2.24) is 4.90 Å². The number of hydrogen-bond acceptors (Lipinski definition) is 2. The van der Waals surface area contributed by atoms with Gasteiger partial charge in [-0.1, -0.05) is 39.5 Å². The average Bonchev–Trinajstić information content (AvgIpc) is 2.44. The lowest BCUT2D eigenvalue weighted by Gasteiger charge is -2.46. The van der Waals surface area contributed by atoms with Gasteiger partial charge in [-0.3, -0.25) is 0 Å². The Labute approximate surface area is 124 Å². The molecule has 3 rings (SSSR count). The van der Waals surface area contributed by atoms with Crippen molar-refractivity contribution >= 4 is 0 Å². The third-order valence-corrected chi connectivity index (χ3v) is 6.51. The van der Waals surface area contributed by atoms with E-state index < -0.39 is 0 Å². The molecule has 3 aliphatic rings. The summed E-state index contributed by atoms with van der Waals surface area (Å²) in [6.45, 7) is 8.24. The van der Waals surface area contributed by atoms with Crippen LogP contribution in [0.2, 0.25) is 0 Å². The van der Waals surface area contributed by atoms with Crippen LogP contribution in [0.15, 0.2) is 0 Å². The lowest BCUT2D eigenvalue weighted by atomic mass is 9.69. The van der Waals surface area contributed by atoms with E-state index in [0.29, 0.717) is 5.92 Å². The van der Waals surface area contributed by atoms with Crippen LogP contribution in [0.4, 0.5) is 0 Å². The van der Waals surface area contributed by atoms with Gasteiger partial charge in [-0.05, 0) is 55.4 Å². The zero-order valence-corrected chi connectivity index (χ0v) is 13.5. The highest BCUT2D eigenvalue weighted by molar-refractivity contribution is 4.91. The first-order valence-electron chi connectivity index (χ1n) is 8.97.